The predicted octanol–water partition coefficient (Wildman–Crippen LogP) is 3.58. The third-order valence-corrected chi connectivity index (χ3v) is 4.25. The summed E-state index contributed by atoms with van der Waals surface area (Å²) in [6.45, 7) is 0. The van der Waals surface area contributed by atoms with Gasteiger partial charge in [-0.05, 0) is 36.4 Å². The quantitative estimate of drug-likeness (QED) is 0.850. The van der Waals surface area contributed by atoms with E-state index in [1.807, 2.05) is 18.2 Å². The first-order chi connectivity index (χ1) is 12.1. The van der Waals surface area contributed by atoms with E-state index in [1.165, 1.54) is 12.1 Å². The zero-order valence-electron chi connectivity index (χ0n) is 13.5. The van der Waals surface area contributed by atoms with Crippen LogP contribution in [0.25, 0.3) is 0 Å². The highest BCUT2D eigenvalue weighted by molar-refractivity contribution is 9.10. The summed E-state index contributed by atoms with van der Waals surface area (Å²) in [5.41, 5.74) is 1.48. The molecule has 7 heteroatoms. The molecule has 0 radical (unpaired) electrons. The van der Waals surface area contributed by atoms with Crippen LogP contribution in [0.3, 0.4) is 0 Å². The van der Waals surface area contributed by atoms with Crippen LogP contribution >= 0.6 is 15.9 Å². The Morgan fingerprint density at radius 3 is 2.60 bits per heavy atom. The maximum absolute atomic E-state index is 12.5. The summed E-state index contributed by atoms with van der Waals surface area (Å²) in [5, 5.41) is 8.30. The molecular formula is C18H16BrN3O3. The topological polar surface area (TPSA) is 71.0 Å². The second-order valence-electron chi connectivity index (χ2n) is 5.38. The molecule has 2 aromatic carbocycles. The van der Waals surface area contributed by atoms with Crippen LogP contribution in [-0.4, -0.2) is 24.6 Å². The van der Waals surface area contributed by atoms with Gasteiger partial charge in [-0.3, -0.25) is 9.59 Å². The van der Waals surface area contributed by atoms with Crippen LogP contribution in [0.5, 0.6) is 5.75 Å². The van der Waals surface area contributed by atoms with Crippen molar-refractivity contribution < 1.29 is 14.3 Å². The Morgan fingerprint density at radius 2 is 1.88 bits per heavy atom. The molecule has 0 atom stereocenters. The first kappa shape index (κ1) is 17.2. The van der Waals surface area contributed by atoms with Crippen LogP contribution in [0.2, 0.25) is 0 Å². The van der Waals surface area contributed by atoms with Gasteiger partial charge in [0, 0.05) is 17.3 Å². The predicted molar refractivity (Wildman–Crippen MR) is 99.9 cm³/mol. The number of anilines is 2. The first-order valence-corrected chi connectivity index (χ1v) is 8.48. The van der Waals surface area contributed by atoms with E-state index in [-0.39, 0.29) is 18.2 Å². The second-order valence-corrected chi connectivity index (χ2v) is 6.30. The summed E-state index contributed by atoms with van der Waals surface area (Å²) in [7, 11) is 1.54. The third kappa shape index (κ3) is 3.88. The van der Waals surface area contributed by atoms with Gasteiger partial charge in [-0.25, -0.2) is 5.01 Å². The van der Waals surface area contributed by atoms with Gasteiger partial charge in [0.2, 0.25) is 5.91 Å². The number of nitrogens with one attached hydrogen (secondary N) is 1. The first-order valence-electron chi connectivity index (χ1n) is 7.69. The van der Waals surface area contributed by atoms with Gasteiger partial charge >= 0.3 is 0 Å². The molecule has 0 aromatic heterocycles. The van der Waals surface area contributed by atoms with Crippen molar-refractivity contribution in [1.29, 1.82) is 0 Å². The molecule has 0 bridgehead atoms. The minimum Gasteiger partial charge on any atom is -0.495 e. The Hall–Kier alpha value is -2.67. The fourth-order valence-electron chi connectivity index (χ4n) is 2.44. The van der Waals surface area contributed by atoms with Gasteiger partial charge in [-0.2, -0.15) is 5.10 Å². The molecule has 1 aliphatic rings. The maximum atomic E-state index is 12.5. The van der Waals surface area contributed by atoms with Crippen LogP contribution in [-0.2, 0) is 9.59 Å². The van der Waals surface area contributed by atoms with Crippen molar-refractivity contribution in [2.45, 2.75) is 12.8 Å². The van der Waals surface area contributed by atoms with Gasteiger partial charge in [0.1, 0.15) is 11.5 Å². The maximum Gasteiger partial charge on any atom is 0.271 e. The molecule has 1 heterocycles. The van der Waals surface area contributed by atoms with Crippen LogP contribution in [0.1, 0.15) is 12.8 Å². The number of methoxy groups -OCH3 is 1. The molecule has 0 unspecified atom stereocenters. The molecular weight excluding hydrogens is 386 g/mol. The molecule has 3 rings (SSSR count). The highest BCUT2D eigenvalue weighted by Crippen LogP contribution is 2.25. The standard InChI is InChI=1S/C18H16BrN3O3/c1-25-16-5-3-2-4-14(16)20-18(24)15-10-11-17(23)22(21-15)13-8-6-12(19)7-9-13/h2-9H,10-11H2,1H3,(H,20,24). The normalized spacial score (nSPS) is 14.1. The number of hydrogen-bond donors (Lipinski definition) is 1. The number of carbonyl (C=O) groups excluding carboxylic acids is 2. The lowest BCUT2D eigenvalue weighted by molar-refractivity contribution is -0.118. The molecule has 0 saturated heterocycles. The van der Waals surface area contributed by atoms with Gasteiger partial charge in [-0.15, -0.1) is 0 Å². The molecule has 1 N–H and O–H groups in total. The van der Waals surface area contributed by atoms with E-state index in [2.05, 4.69) is 26.3 Å². The number of benzene rings is 2. The summed E-state index contributed by atoms with van der Waals surface area (Å²) in [4.78, 5) is 24.7. The summed E-state index contributed by atoms with van der Waals surface area (Å²) in [5.74, 6) is 0.0726. The number of hydrazone groups is 1. The number of ether oxygens (including phenoxy) is 1. The van der Waals surface area contributed by atoms with Gasteiger partial charge < -0.3 is 10.1 Å². The molecule has 0 saturated carbocycles. The van der Waals surface area contributed by atoms with Crippen LogP contribution in [0.15, 0.2) is 58.1 Å². The minimum atomic E-state index is -0.348. The fraction of sp³-hybridized carbons (Fsp3) is 0.167. The van der Waals surface area contributed by atoms with Gasteiger partial charge in [0.25, 0.3) is 5.91 Å². The Bertz CT molecular complexity index is 834. The average molecular weight is 402 g/mol. The van der Waals surface area contributed by atoms with Crippen molar-refractivity contribution in [3.8, 4) is 5.75 Å². The Morgan fingerprint density at radius 1 is 1.16 bits per heavy atom. The largest absolute Gasteiger partial charge is 0.495 e. The lowest BCUT2D eigenvalue weighted by atomic mass is 10.1. The van der Waals surface area contributed by atoms with Crippen LogP contribution < -0.4 is 15.1 Å². The lowest BCUT2D eigenvalue weighted by Gasteiger charge is -2.23. The fourth-order valence-corrected chi connectivity index (χ4v) is 2.71. The summed E-state index contributed by atoms with van der Waals surface area (Å²) in [6.07, 6.45) is 0.529. The van der Waals surface area contributed by atoms with Gasteiger partial charge in [-0.1, -0.05) is 28.1 Å². The monoisotopic (exact) mass is 401 g/mol. The number of carbonyl (C=O) groups is 2. The molecule has 128 valence electrons. The molecule has 2 aromatic rings. The number of amides is 2. The molecule has 0 aliphatic carbocycles. The lowest BCUT2D eigenvalue weighted by Crippen LogP contribution is -2.36. The van der Waals surface area contributed by atoms with Crippen molar-refractivity contribution in [3.63, 3.8) is 0 Å². The van der Waals surface area contributed by atoms with Crippen LogP contribution in [0.4, 0.5) is 11.4 Å². The molecule has 0 spiro atoms. The number of para-hydroxylation sites is 2. The zero-order valence-corrected chi connectivity index (χ0v) is 15.1. The van der Waals surface area contributed by atoms with E-state index in [1.54, 1.807) is 30.3 Å². The van der Waals surface area contributed by atoms with E-state index in [4.69, 9.17) is 4.74 Å². The minimum absolute atomic E-state index is 0.142. The van der Waals surface area contributed by atoms with Crippen molar-refractivity contribution in [3.05, 3.63) is 53.0 Å². The highest BCUT2D eigenvalue weighted by atomic mass is 79.9. The summed E-state index contributed by atoms with van der Waals surface area (Å²) >= 11 is 3.36. The van der Waals surface area contributed by atoms with Gasteiger partial charge in [0.15, 0.2) is 0 Å². The van der Waals surface area contributed by atoms with E-state index < -0.39 is 0 Å². The van der Waals surface area contributed by atoms with E-state index in [0.717, 1.165) is 4.47 Å². The van der Waals surface area contributed by atoms with E-state index in [0.29, 0.717) is 29.3 Å². The zero-order chi connectivity index (χ0) is 17.8. The number of hydrogen-bond acceptors (Lipinski definition) is 4. The third-order valence-electron chi connectivity index (χ3n) is 3.72. The molecule has 2 amide bonds. The van der Waals surface area contributed by atoms with E-state index >= 15 is 0 Å². The molecule has 0 fully saturated rings. The molecule has 25 heavy (non-hydrogen) atoms. The van der Waals surface area contributed by atoms with Crippen LogP contribution in [0, 0.1) is 0 Å². The van der Waals surface area contributed by atoms with Crippen molar-refractivity contribution in [1.82, 2.24) is 0 Å². The SMILES string of the molecule is COc1ccccc1NC(=O)C1=NN(c2ccc(Br)cc2)C(=O)CC1. The number of nitrogens with zero attached hydrogens (tertiary/aromatic N) is 2. The Balaban J connectivity index is 1.83. The number of rotatable bonds is 4. The smallest absolute Gasteiger partial charge is 0.271 e. The van der Waals surface area contributed by atoms with Crippen molar-refractivity contribution in [2.24, 2.45) is 5.10 Å². The molecule has 1 aliphatic heterocycles. The van der Waals surface area contributed by atoms with E-state index in [9.17, 15) is 9.59 Å². The summed E-state index contributed by atoms with van der Waals surface area (Å²) in [6, 6.07) is 14.3. The molecule has 6 nitrogen and oxygen atoms in total. The highest BCUT2D eigenvalue weighted by Gasteiger charge is 2.26. The van der Waals surface area contributed by atoms with Gasteiger partial charge in [0.05, 0.1) is 18.5 Å². The Kier molecular flexibility index (Phi) is 5.14. The number of halogens is 1. The average Bonchev–Trinajstić information content (AvgIpc) is 2.63. The van der Waals surface area contributed by atoms with Crippen molar-refractivity contribution in [2.75, 3.05) is 17.4 Å². The van der Waals surface area contributed by atoms with Crippen molar-refractivity contribution >= 4 is 44.8 Å². The summed E-state index contributed by atoms with van der Waals surface area (Å²) < 4.78 is 6.13. The second kappa shape index (κ2) is 7.48. The Labute approximate surface area is 153 Å².